The smallest absolute Gasteiger partial charge is 0.335 e. The Hall–Kier alpha value is -2.30. The Morgan fingerprint density at radius 3 is 2.72 bits per heavy atom. The Morgan fingerprint density at radius 1 is 1.50 bits per heavy atom. The molecule has 5 nitrogen and oxygen atoms in total. The fraction of sp³-hybridized carbons (Fsp3) is 0.231. The highest BCUT2D eigenvalue weighted by Gasteiger charge is 2.30. The minimum Gasteiger partial charge on any atom is -0.506 e. The van der Waals surface area contributed by atoms with Crippen molar-refractivity contribution in [3.63, 3.8) is 0 Å². The van der Waals surface area contributed by atoms with Crippen molar-refractivity contribution < 1.29 is 19.8 Å². The lowest BCUT2D eigenvalue weighted by Gasteiger charge is -2.17. The van der Waals surface area contributed by atoms with Gasteiger partial charge in [0.2, 0.25) is 5.91 Å². The van der Waals surface area contributed by atoms with Gasteiger partial charge in [-0.3, -0.25) is 4.79 Å². The Bertz CT molecular complexity index is 524. The van der Waals surface area contributed by atoms with Gasteiger partial charge in [-0.05, 0) is 18.2 Å². The summed E-state index contributed by atoms with van der Waals surface area (Å²) in [6, 6.07) is 3.96. The van der Waals surface area contributed by atoms with Crippen LogP contribution in [0.2, 0.25) is 0 Å². The van der Waals surface area contributed by atoms with Gasteiger partial charge in [0, 0.05) is 18.9 Å². The Kier molecular flexibility index (Phi) is 3.06. The van der Waals surface area contributed by atoms with Crippen LogP contribution >= 0.6 is 0 Å². The van der Waals surface area contributed by atoms with Crippen LogP contribution in [-0.2, 0) is 4.79 Å². The fourth-order valence-corrected chi connectivity index (χ4v) is 2.01. The molecule has 1 aromatic carbocycles. The van der Waals surface area contributed by atoms with E-state index >= 15 is 0 Å². The second-order valence-electron chi connectivity index (χ2n) is 4.21. The number of hydrogen-bond acceptors (Lipinski definition) is 3. The van der Waals surface area contributed by atoms with Gasteiger partial charge >= 0.3 is 5.97 Å². The van der Waals surface area contributed by atoms with Crippen LogP contribution < -0.4 is 4.90 Å². The van der Waals surface area contributed by atoms with Crippen LogP contribution in [0.15, 0.2) is 30.9 Å². The lowest BCUT2D eigenvalue weighted by atomic mass is 10.1. The normalized spacial score (nSPS) is 19.0. The van der Waals surface area contributed by atoms with Crippen molar-refractivity contribution in [1.29, 1.82) is 0 Å². The quantitative estimate of drug-likeness (QED) is 0.796. The first-order chi connectivity index (χ1) is 8.52. The van der Waals surface area contributed by atoms with Gasteiger partial charge in [0.1, 0.15) is 5.75 Å². The Labute approximate surface area is 104 Å². The summed E-state index contributed by atoms with van der Waals surface area (Å²) < 4.78 is 0. The van der Waals surface area contributed by atoms with Gasteiger partial charge in [-0.1, -0.05) is 6.08 Å². The first kappa shape index (κ1) is 12.2. The zero-order valence-corrected chi connectivity index (χ0v) is 9.67. The van der Waals surface area contributed by atoms with E-state index in [0.717, 1.165) is 6.07 Å². The number of rotatable bonds is 3. The lowest BCUT2D eigenvalue weighted by molar-refractivity contribution is -0.117. The number of benzene rings is 1. The van der Waals surface area contributed by atoms with Crippen LogP contribution in [-0.4, -0.2) is 28.6 Å². The number of amides is 1. The number of phenols is 1. The molecule has 1 aliphatic rings. The molecule has 18 heavy (non-hydrogen) atoms. The Balaban J connectivity index is 2.32. The van der Waals surface area contributed by atoms with E-state index in [-0.39, 0.29) is 23.1 Å². The number of phenolic OH excluding ortho intramolecular Hbond substituents is 1. The van der Waals surface area contributed by atoms with Crippen molar-refractivity contribution in [3.05, 3.63) is 36.4 Å². The summed E-state index contributed by atoms with van der Waals surface area (Å²) in [5, 5.41) is 18.6. The number of nitrogens with zero attached hydrogens (tertiary/aromatic N) is 1. The van der Waals surface area contributed by atoms with E-state index in [9.17, 15) is 14.7 Å². The van der Waals surface area contributed by atoms with Gasteiger partial charge in [-0.2, -0.15) is 0 Å². The summed E-state index contributed by atoms with van der Waals surface area (Å²) >= 11 is 0. The number of carbonyl (C=O) groups is 2. The first-order valence-electron chi connectivity index (χ1n) is 5.52. The molecule has 1 aromatic rings. The average molecular weight is 247 g/mol. The summed E-state index contributed by atoms with van der Waals surface area (Å²) in [6.45, 7) is 4.11. The maximum Gasteiger partial charge on any atom is 0.335 e. The van der Waals surface area contributed by atoms with Crippen LogP contribution in [0.1, 0.15) is 16.8 Å². The molecule has 2 N–H and O–H groups in total. The van der Waals surface area contributed by atoms with Gasteiger partial charge in [0.15, 0.2) is 0 Å². The summed E-state index contributed by atoms with van der Waals surface area (Å²) in [4.78, 5) is 24.0. The zero-order chi connectivity index (χ0) is 13.3. The monoisotopic (exact) mass is 247 g/mol. The maximum atomic E-state index is 11.8. The molecule has 1 aliphatic heterocycles. The van der Waals surface area contributed by atoms with E-state index in [2.05, 4.69) is 6.58 Å². The largest absolute Gasteiger partial charge is 0.506 e. The Morgan fingerprint density at radius 2 is 2.22 bits per heavy atom. The molecule has 1 fully saturated rings. The van der Waals surface area contributed by atoms with E-state index in [1.165, 1.54) is 17.0 Å². The predicted octanol–water partition coefficient (Wildman–Crippen LogP) is 1.63. The van der Waals surface area contributed by atoms with Crippen molar-refractivity contribution in [2.45, 2.75) is 6.42 Å². The molecular weight excluding hydrogens is 234 g/mol. The molecule has 0 saturated carbocycles. The third kappa shape index (κ3) is 2.07. The number of aromatic hydroxyl groups is 1. The fourth-order valence-electron chi connectivity index (χ4n) is 2.01. The highest BCUT2D eigenvalue weighted by molar-refractivity contribution is 5.98. The molecule has 1 unspecified atom stereocenters. The third-order valence-electron chi connectivity index (χ3n) is 3.00. The minimum atomic E-state index is -1.12. The minimum absolute atomic E-state index is 0.0110. The van der Waals surface area contributed by atoms with Crippen molar-refractivity contribution in [2.24, 2.45) is 5.92 Å². The van der Waals surface area contributed by atoms with Crippen LogP contribution in [0.25, 0.3) is 0 Å². The molecular formula is C13H13NO4. The third-order valence-corrected chi connectivity index (χ3v) is 3.00. The number of aromatic carboxylic acids is 1. The lowest BCUT2D eigenvalue weighted by Crippen LogP contribution is -2.24. The molecule has 0 bridgehead atoms. The highest BCUT2D eigenvalue weighted by atomic mass is 16.4. The van der Waals surface area contributed by atoms with Crippen molar-refractivity contribution in [3.8, 4) is 5.75 Å². The molecule has 1 amide bonds. The van der Waals surface area contributed by atoms with E-state index in [0.29, 0.717) is 18.7 Å². The van der Waals surface area contributed by atoms with Crippen molar-refractivity contribution in [2.75, 3.05) is 11.4 Å². The second-order valence-corrected chi connectivity index (χ2v) is 4.21. The van der Waals surface area contributed by atoms with E-state index in [1.807, 2.05) is 0 Å². The molecule has 0 spiro atoms. The topological polar surface area (TPSA) is 77.8 Å². The summed E-state index contributed by atoms with van der Waals surface area (Å²) in [5.41, 5.74) is 0.331. The summed E-state index contributed by atoms with van der Waals surface area (Å²) in [6.07, 6.45) is 2.07. The molecule has 0 aromatic heterocycles. The number of hydrogen-bond donors (Lipinski definition) is 2. The number of anilines is 1. The zero-order valence-electron chi connectivity index (χ0n) is 9.67. The van der Waals surface area contributed by atoms with Gasteiger partial charge in [-0.15, -0.1) is 6.58 Å². The summed E-state index contributed by atoms with van der Waals surface area (Å²) in [7, 11) is 0. The van der Waals surface area contributed by atoms with E-state index in [4.69, 9.17) is 5.11 Å². The summed E-state index contributed by atoms with van der Waals surface area (Å²) in [5.74, 6) is -1.35. The number of carboxylic acid groups (broad SMARTS) is 1. The molecule has 2 rings (SSSR count). The molecule has 94 valence electrons. The molecule has 5 heteroatoms. The van der Waals surface area contributed by atoms with Gasteiger partial charge in [0.05, 0.1) is 11.3 Å². The average Bonchev–Trinajstić information content (AvgIpc) is 2.70. The number of carboxylic acids is 1. The van der Waals surface area contributed by atoms with Crippen molar-refractivity contribution >= 4 is 17.6 Å². The molecule has 1 heterocycles. The van der Waals surface area contributed by atoms with Crippen LogP contribution in [0, 0.1) is 5.92 Å². The number of carbonyl (C=O) groups excluding carboxylic acids is 1. The highest BCUT2D eigenvalue weighted by Crippen LogP contribution is 2.33. The van der Waals surface area contributed by atoms with E-state index in [1.54, 1.807) is 6.08 Å². The molecule has 1 saturated heterocycles. The standard InChI is InChI=1S/C13H13NO4/c1-2-8-5-12(16)14(7-8)10-4-3-9(13(17)18)6-11(10)15/h2-4,6,8,15H,1,5,7H2,(H,17,18). The second kappa shape index (κ2) is 4.52. The van der Waals surface area contributed by atoms with Crippen LogP contribution in [0.4, 0.5) is 5.69 Å². The van der Waals surface area contributed by atoms with Crippen LogP contribution in [0.3, 0.4) is 0 Å². The van der Waals surface area contributed by atoms with Gasteiger partial charge in [0.25, 0.3) is 0 Å². The van der Waals surface area contributed by atoms with Gasteiger partial charge in [-0.25, -0.2) is 4.79 Å². The van der Waals surface area contributed by atoms with Crippen LogP contribution in [0.5, 0.6) is 5.75 Å². The SMILES string of the molecule is C=CC1CC(=O)N(c2ccc(C(=O)O)cc2O)C1. The molecule has 1 atom stereocenters. The van der Waals surface area contributed by atoms with E-state index < -0.39 is 5.97 Å². The molecule has 0 aliphatic carbocycles. The maximum absolute atomic E-state index is 11.8. The van der Waals surface area contributed by atoms with Gasteiger partial charge < -0.3 is 15.1 Å². The first-order valence-corrected chi connectivity index (χ1v) is 5.52. The predicted molar refractivity (Wildman–Crippen MR) is 65.7 cm³/mol. The van der Waals surface area contributed by atoms with Crippen molar-refractivity contribution in [1.82, 2.24) is 0 Å². The molecule has 0 radical (unpaired) electrons.